The van der Waals surface area contributed by atoms with Crippen molar-refractivity contribution in [1.29, 1.82) is 0 Å². The number of carbonyl (C=O) groups is 1. The molecule has 2 heterocycles. The first-order chi connectivity index (χ1) is 14.6. The van der Waals surface area contributed by atoms with Crippen molar-refractivity contribution in [3.05, 3.63) is 0 Å². The Balaban J connectivity index is 1.25. The van der Waals surface area contributed by atoms with Crippen molar-refractivity contribution in [2.75, 3.05) is 23.7 Å². The van der Waals surface area contributed by atoms with Crippen LogP contribution >= 0.6 is 11.8 Å². The Bertz CT molecular complexity index is 743. The SMILES string of the molecule is CC1CCC(N(C(=O)CSc2nnc(N3CCC(C)CC3)n2C2CC2)C2CC2)CC1. The molecule has 166 valence electrons. The van der Waals surface area contributed by atoms with Gasteiger partial charge in [-0.3, -0.25) is 9.36 Å². The topological polar surface area (TPSA) is 54.3 Å². The van der Waals surface area contributed by atoms with Crippen LogP contribution in [0.3, 0.4) is 0 Å². The molecule has 3 saturated carbocycles. The highest BCUT2D eigenvalue weighted by atomic mass is 32.2. The Kier molecular flexibility index (Phi) is 6.00. The highest BCUT2D eigenvalue weighted by molar-refractivity contribution is 7.99. The van der Waals surface area contributed by atoms with Gasteiger partial charge in [-0.1, -0.05) is 25.6 Å². The molecule has 4 fully saturated rings. The minimum Gasteiger partial charge on any atom is -0.341 e. The van der Waals surface area contributed by atoms with Crippen molar-refractivity contribution < 1.29 is 4.79 Å². The van der Waals surface area contributed by atoms with Crippen molar-refractivity contribution >= 4 is 23.6 Å². The van der Waals surface area contributed by atoms with Gasteiger partial charge in [-0.2, -0.15) is 0 Å². The predicted molar refractivity (Wildman–Crippen MR) is 121 cm³/mol. The molecule has 5 rings (SSSR count). The average molecular weight is 432 g/mol. The van der Waals surface area contributed by atoms with Crippen LogP contribution in [0.15, 0.2) is 5.16 Å². The Morgan fingerprint density at radius 3 is 2.10 bits per heavy atom. The zero-order valence-electron chi connectivity index (χ0n) is 18.6. The summed E-state index contributed by atoms with van der Waals surface area (Å²) in [5.74, 6) is 3.49. The molecule has 0 atom stereocenters. The zero-order valence-corrected chi connectivity index (χ0v) is 19.4. The molecule has 1 aromatic rings. The maximum Gasteiger partial charge on any atom is 0.233 e. The number of piperidine rings is 1. The Morgan fingerprint density at radius 2 is 1.50 bits per heavy atom. The number of hydrogen-bond acceptors (Lipinski definition) is 5. The number of rotatable bonds is 7. The largest absolute Gasteiger partial charge is 0.341 e. The smallest absolute Gasteiger partial charge is 0.233 e. The zero-order chi connectivity index (χ0) is 20.7. The van der Waals surface area contributed by atoms with Crippen molar-refractivity contribution in [1.82, 2.24) is 19.7 Å². The molecule has 1 aromatic heterocycles. The van der Waals surface area contributed by atoms with Crippen LogP contribution in [-0.4, -0.2) is 56.5 Å². The lowest BCUT2D eigenvalue weighted by atomic mass is 9.86. The van der Waals surface area contributed by atoms with E-state index in [2.05, 4.69) is 38.4 Å². The second kappa shape index (κ2) is 8.71. The maximum absolute atomic E-state index is 13.3. The third-order valence-electron chi connectivity index (χ3n) is 7.56. The third-order valence-corrected chi connectivity index (χ3v) is 8.48. The monoisotopic (exact) mass is 431 g/mol. The number of carbonyl (C=O) groups excluding carboxylic acids is 1. The molecule has 1 amide bonds. The van der Waals surface area contributed by atoms with Crippen LogP contribution in [0.5, 0.6) is 0 Å². The van der Waals surface area contributed by atoms with E-state index in [1.54, 1.807) is 11.8 Å². The quantitative estimate of drug-likeness (QED) is 0.595. The van der Waals surface area contributed by atoms with Crippen molar-refractivity contribution in [2.45, 2.75) is 101 Å². The van der Waals surface area contributed by atoms with E-state index in [0.717, 1.165) is 36.0 Å². The van der Waals surface area contributed by atoms with Gasteiger partial charge in [0.25, 0.3) is 0 Å². The summed E-state index contributed by atoms with van der Waals surface area (Å²) in [7, 11) is 0. The molecule has 0 radical (unpaired) electrons. The third kappa shape index (κ3) is 4.51. The van der Waals surface area contributed by atoms with Gasteiger partial charge in [-0.05, 0) is 76.0 Å². The average Bonchev–Trinajstić information content (AvgIpc) is 3.68. The summed E-state index contributed by atoms with van der Waals surface area (Å²) in [6.07, 6.45) is 12.2. The Hall–Kier alpha value is -1.24. The van der Waals surface area contributed by atoms with Crippen LogP contribution in [-0.2, 0) is 4.79 Å². The second-order valence-corrected chi connectivity index (χ2v) is 11.2. The Morgan fingerprint density at radius 1 is 0.900 bits per heavy atom. The molecular weight excluding hydrogens is 394 g/mol. The highest BCUT2D eigenvalue weighted by Gasteiger charge is 2.39. The molecule has 0 spiro atoms. The second-order valence-electron chi connectivity index (χ2n) is 10.3. The lowest BCUT2D eigenvalue weighted by Gasteiger charge is -2.36. The molecule has 30 heavy (non-hydrogen) atoms. The Labute approximate surface area is 185 Å². The lowest BCUT2D eigenvalue weighted by Crippen LogP contribution is -2.44. The standard InChI is InChI=1S/C23H37N5OS/c1-16-3-5-18(6-4-16)27(19-7-8-19)21(29)15-30-23-25-24-22(28(23)20-9-10-20)26-13-11-17(2)12-14-26/h16-20H,3-15H2,1-2H3. The van der Waals surface area contributed by atoms with Gasteiger partial charge in [0.15, 0.2) is 5.16 Å². The number of amides is 1. The van der Waals surface area contributed by atoms with Crippen LogP contribution in [0.1, 0.15) is 84.1 Å². The van der Waals surface area contributed by atoms with Gasteiger partial charge < -0.3 is 9.80 Å². The maximum atomic E-state index is 13.3. The van der Waals surface area contributed by atoms with Gasteiger partial charge in [0, 0.05) is 31.2 Å². The molecule has 6 nitrogen and oxygen atoms in total. The number of hydrogen-bond donors (Lipinski definition) is 0. The highest BCUT2D eigenvalue weighted by Crippen LogP contribution is 2.42. The van der Waals surface area contributed by atoms with Gasteiger partial charge in [0.1, 0.15) is 0 Å². The van der Waals surface area contributed by atoms with Gasteiger partial charge in [-0.15, -0.1) is 10.2 Å². The summed E-state index contributed by atoms with van der Waals surface area (Å²) in [6.45, 7) is 6.84. The van der Waals surface area contributed by atoms with E-state index in [1.807, 2.05) is 0 Å². The first-order valence-corrected chi connectivity index (χ1v) is 13.2. The predicted octanol–water partition coefficient (Wildman–Crippen LogP) is 4.51. The summed E-state index contributed by atoms with van der Waals surface area (Å²) in [6, 6.07) is 1.50. The van der Waals surface area contributed by atoms with Crippen molar-refractivity contribution in [3.8, 4) is 0 Å². The molecule has 4 aliphatic rings. The molecule has 0 aromatic carbocycles. The van der Waals surface area contributed by atoms with E-state index in [0.29, 0.717) is 29.8 Å². The molecule has 3 aliphatic carbocycles. The summed E-state index contributed by atoms with van der Waals surface area (Å²) >= 11 is 1.62. The molecule has 7 heteroatoms. The molecule has 0 bridgehead atoms. The summed E-state index contributed by atoms with van der Waals surface area (Å²) in [5, 5.41) is 10.1. The first kappa shape index (κ1) is 20.7. The van der Waals surface area contributed by atoms with Crippen LogP contribution in [0.2, 0.25) is 0 Å². The number of anilines is 1. The number of nitrogens with zero attached hydrogens (tertiary/aromatic N) is 5. The van der Waals surface area contributed by atoms with E-state index in [1.165, 1.54) is 64.2 Å². The molecule has 0 N–H and O–H groups in total. The fourth-order valence-electron chi connectivity index (χ4n) is 5.22. The minimum absolute atomic E-state index is 0.320. The molecule has 0 unspecified atom stereocenters. The fraction of sp³-hybridized carbons (Fsp3) is 0.870. The van der Waals surface area contributed by atoms with E-state index < -0.39 is 0 Å². The summed E-state index contributed by atoms with van der Waals surface area (Å²) in [4.78, 5) is 17.9. The van der Waals surface area contributed by atoms with Gasteiger partial charge >= 0.3 is 0 Å². The number of thioether (sulfide) groups is 1. The van der Waals surface area contributed by atoms with Crippen molar-refractivity contribution in [2.24, 2.45) is 11.8 Å². The first-order valence-electron chi connectivity index (χ1n) is 12.2. The lowest BCUT2D eigenvalue weighted by molar-refractivity contribution is -0.132. The van der Waals surface area contributed by atoms with Gasteiger partial charge in [0.05, 0.1) is 5.75 Å². The van der Waals surface area contributed by atoms with Crippen LogP contribution < -0.4 is 4.90 Å². The summed E-state index contributed by atoms with van der Waals surface area (Å²) < 4.78 is 2.34. The number of aromatic nitrogens is 3. The van der Waals surface area contributed by atoms with Crippen LogP contribution in [0, 0.1) is 11.8 Å². The van der Waals surface area contributed by atoms with Crippen LogP contribution in [0.4, 0.5) is 5.95 Å². The molecular formula is C23H37N5OS. The normalized spacial score (nSPS) is 28.0. The van der Waals surface area contributed by atoms with E-state index in [9.17, 15) is 4.79 Å². The van der Waals surface area contributed by atoms with Gasteiger partial charge in [-0.25, -0.2) is 0 Å². The molecule has 1 aliphatic heterocycles. The summed E-state index contributed by atoms with van der Waals surface area (Å²) in [5.41, 5.74) is 0. The van der Waals surface area contributed by atoms with E-state index in [4.69, 9.17) is 0 Å². The molecule has 1 saturated heterocycles. The van der Waals surface area contributed by atoms with E-state index >= 15 is 0 Å². The van der Waals surface area contributed by atoms with Crippen molar-refractivity contribution in [3.63, 3.8) is 0 Å². The van der Waals surface area contributed by atoms with E-state index in [-0.39, 0.29) is 0 Å². The minimum atomic E-state index is 0.320. The van der Waals surface area contributed by atoms with Gasteiger partial charge in [0.2, 0.25) is 11.9 Å². The fourth-order valence-corrected chi connectivity index (χ4v) is 6.09. The van der Waals surface area contributed by atoms with Crippen LogP contribution in [0.25, 0.3) is 0 Å².